The van der Waals surface area contributed by atoms with E-state index in [1.165, 1.54) is 24.8 Å². The molecule has 0 spiro atoms. The molecule has 3 nitrogen and oxygen atoms in total. The van der Waals surface area contributed by atoms with Crippen LogP contribution >= 0.6 is 0 Å². The van der Waals surface area contributed by atoms with Crippen LogP contribution in [0.3, 0.4) is 0 Å². The number of pyridine rings is 1. The van der Waals surface area contributed by atoms with Crippen LogP contribution in [-0.4, -0.2) is 25.2 Å². The normalized spacial score (nSPS) is 27.4. The molecule has 0 aliphatic heterocycles. The summed E-state index contributed by atoms with van der Waals surface area (Å²) in [5, 5.41) is 3.54. The first-order valence-electron chi connectivity index (χ1n) is 7.65. The Balaban J connectivity index is 2.27. The molecular weight excluding hydrogens is 248 g/mol. The maximum Gasteiger partial charge on any atom is 0.137 e. The van der Waals surface area contributed by atoms with Crippen LogP contribution in [0.5, 0.6) is 5.75 Å². The molecule has 0 aromatic carbocycles. The average Bonchev–Trinajstić information content (AvgIpc) is 2.46. The molecule has 2 rings (SSSR count). The molecule has 1 aliphatic carbocycles. The van der Waals surface area contributed by atoms with E-state index in [4.69, 9.17) is 4.74 Å². The van der Waals surface area contributed by atoms with Gasteiger partial charge in [0, 0.05) is 12.2 Å². The molecule has 112 valence electrons. The summed E-state index contributed by atoms with van der Waals surface area (Å²) < 4.78 is 5.33. The largest absolute Gasteiger partial charge is 0.495 e. The second kappa shape index (κ2) is 6.13. The Morgan fingerprint density at radius 1 is 1.30 bits per heavy atom. The van der Waals surface area contributed by atoms with Gasteiger partial charge in [0.05, 0.1) is 13.3 Å². The molecule has 1 saturated carbocycles. The molecule has 1 fully saturated rings. The molecule has 1 aromatic heterocycles. The monoisotopic (exact) mass is 276 g/mol. The van der Waals surface area contributed by atoms with Crippen molar-refractivity contribution < 1.29 is 4.74 Å². The van der Waals surface area contributed by atoms with E-state index >= 15 is 0 Å². The lowest BCUT2D eigenvalue weighted by atomic mass is 9.64. The predicted octanol–water partition coefficient (Wildman–Crippen LogP) is 3.39. The average molecular weight is 276 g/mol. The third kappa shape index (κ3) is 2.98. The molecule has 0 saturated heterocycles. The maximum atomic E-state index is 5.33. The predicted molar refractivity (Wildman–Crippen MR) is 83.2 cm³/mol. The van der Waals surface area contributed by atoms with Gasteiger partial charge >= 0.3 is 0 Å². The van der Waals surface area contributed by atoms with E-state index in [0.717, 1.165) is 11.7 Å². The van der Waals surface area contributed by atoms with E-state index in [0.29, 0.717) is 12.0 Å². The van der Waals surface area contributed by atoms with Gasteiger partial charge in [-0.15, -0.1) is 0 Å². The van der Waals surface area contributed by atoms with E-state index in [1.54, 1.807) is 13.3 Å². The molecule has 3 unspecified atom stereocenters. The van der Waals surface area contributed by atoms with Crippen molar-refractivity contribution in [3.8, 4) is 5.75 Å². The first-order valence-corrected chi connectivity index (χ1v) is 7.65. The molecule has 1 N–H and O–H groups in total. The van der Waals surface area contributed by atoms with Crippen LogP contribution in [0.15, 0.2) is 18.5 Å². The summed E-state index contributed by atoms with van der Waals surface area (Å²) in [6.07, 6.45) is 7.63. The number of nitrogens with one attached hydrogen (secondary N) is 1. The molecule has 1 aromatic rings. The number of hydrogen-bond donors (Lipinski definition) is 1. The molecule has 20 heavy (non-hydrogen) atoms. The molecule has 1 aliphatic rings. The second-order valence-electron chi connectivity index (χ2n) is 6.76. The third-order valence-electron chi connectivity index (χ3n) is 5.10. The van der Waals surface area contributed by atoms with Gasteiger partial charge < -0.3 is 10.1 Å². The van der Waals surface area contributed by atoms with Crippen LogP contribution in [0, 0.1) is 11.8 Å². The van der Waals surface area contributed by atoms with E-state index in [1.807, 2.05) is 6.20 Å². The summed E-state index contributed by atoms with van der Waals surface area (Å²) in [7, 11) is 3.79. The third-order valence-corrected chi connectivity index (χ3v) is 5.10. The number of aromatic nitrogens is 1. The molecule has 3 heteroatoms. The fraction of sp³-hybridized carbons (Fsp3) is 0.706. The van der Waals surface area contributed by atoms with Crippen molar-refractivity contribution in [3.05, 3.63) is 24.0 Å². The van der Waals surface area contributed by atoms with Gasteiger partial charge in [-0.25, -0.2) is 0 Å². The van der Waals surface area contributed by atoms with Crippen LogP contribution in [0.25, 0.3) is 0 Å². The van der Waals surface area contributed by atoms with Crippen molar-refractivity contribution >= 4 is 0 Å². The Morgan fingerprint density at radius 2 is 2.05 bits per heavy atom. The summed E-state index contributed by atoms with van der Waals surface area (Å²) in [6, 6.07) is 2.72. The van der Waals surface area contributed by atoms with Crippen LogP contribution < -0.4 is 10.1 Å². The quantitative estimate of drug-likeness (QED) is 0.915. The second-order valence-corrected chi connectivity index (χ2v) is 6.76. The van der Waals surface area contributed by atoms with Crippen LogP contribution in [0.1, 0.15) is 45.6 Å². The van der Waals surface area contributed by atoms with Gasteiger partial charge in [0.1, 0.15) is 5.75 Å². The van der Waals surface area contributed by atoms with Gasteiger partial charge in [-0.1, -0.05) is 27.2 Å². The zero-order valence-electron chi connectivity index (χ0n) is 13.4. The van der Waals surface area contributed by atoms with Gasteiger partial charge in [0.25, 0.3) is 0 Å². The Bertz CT molecular complexity index is 444. The molecule has 1 heterocycles. The standard InChI is InChI=1S/C17H28N2O/c1-12-6-7-15(16(8-12)18-4)17(2,3)13-9-14(20-5)11-19-10-13/h9-12,15-16,18H,6-8H2,1-5H3. The Kier molecular flexibility index (Phi) is 4.69. The first-order chi connectivity index (χ1) is 9.48. The first kappa shape index (κ1) is 15.3. The lowest BCUT2D eigenvalue weighted by molar-refractivity contribution is 0.151. The maximum absolute atomic E-state index is 5.33. The zero-order chi connectivity index (χ0) is 14.8. The Labute approximate surface area is 123 Å². The minimum absolute atomic E-state index is 0.107. The molecule has 0 amide bonds. The summed E-state index contributed by atoms with van der Waals surface area (Å²) in [5.41, 5.74) is 1.38. The number of nitrogens with zero attached hydrogens (tertiary/aromatic N) is 1. The van der Waals surface area contributed by atoms with Crippen molar-refractivity contribution in [2.45, 2.75) is 51.5 Å². The van der Waals surface area contributed by atoms with E-state index in [2.05, 4.69) is 44.2 Å². The number of hydrogen-bond acceptors (Lipinski definition) is 3. The number of ether oxygens (including phenoxy) is 1. The lowest BCUT2D eigenvalue weighted by Gasteiger charge is -2.44. The van der Waals surface area contributed by atoms with Gasteiger partial charge in [-0.05, 0) is 48.8 Å². The van der Waals surface area contributed by atoms with Crippen LogP contribution in [0.2, 0.25) is 0 Å². The van der Waals surface area contributed by atoms with Gasteiger partial charge in [0.15, 0.2) is 0 Å². The van der Waals surface area contributed by atoms with E-state index < -0.39 is 0 Å². The minimum atomic E-state index is 0.107. The van der Waals surface area contributed by atoms with E-state index in [9.17, 15) is 0 Å². The summed E-state index contributed by atoms with van der Waals surface area (Å²) >= 11 is 0. The van der Waals surface area contributed by atoms with Crippen LogP contribution in [0.4, 0.5) is 0 Å². The summed E-state index contributed by atoms with van der Waals surface area (Å²) in [4.78, 5) is 4.34. The minimum Gasteiger partial charge on any atom is -0.495 e. The van der Waals surface area contributed by atoms with Crippen molar-refractivity contribution in [1.82, 2.24) is 10.3 Å². The Hall–Kier alpha value is -1.09. The fourth-order valence-corrected chi connectivity index (χ4v) is 3.66. The van der Waals surface area contributed by atoms with Crippen molar-refractivity contribution in [3.63, 3.8) is 0 Å². The highest BCUT2D eigenvalue weighted by Gasteiger charge is 2.39. The zero-order valence-corrected chi connectivity index (χ0v) is 13.4. The van der Waals surface area contributed by atoms with Gasteiger partial charge in [-0.2, -0.15) is 0 Å². The number of rotatable bonds is 4. The van der Waals surface area contributed by atoms with E-state index in [-0.39, 0.29) is 5.41 Å². The summed E-state index contributed by atoms with van der Waals surface area (Å²) in [6.45, 7) is 7.05. The van der Waals surface area contributed by atoms with Crippen LogP contribution in [-0.2, 0) is 5.41 Å². The Morgan fingerprint density at radius 3 is 2.70 bits per heavy atom. The highest BCUT2D eigenvalue weighted by atomic mass is 16.5. The summed E-state index contributed by atoms with van der Waals surface area (Å²) in [5.74, 6) is 2.31. The van der Waals surface area contributed by atoms with Crippen molar-refractivity contribution in [2.24, 2.45) is 11.8 Å². The molecule has 0 radical (unpaired) electrons. The fourth-order valence-electron chi connectivity index (χ4n) is 3.66. The highest BCUT2D eigenvalue weighted by molar-refractivity contribution is 5.30. The number of methoxy groups -OCH3 is 1. The lowest BCUT2D eigenvalue weighted by Crippen LogP contribution is -2.47. The molecule has 0 bridgehead atoms. The molecular formula is C17H28N2O. The smallest absolute Gasteiger partial charge is 0.137 e. The van der Waals surface area contributed by atoms with Crippen molar-refractivity contribution in [2.75, 3.05) is 14.2 Å². The SMILES string of the molecule is CNC1CC(C)CCC1C(C)(C)c1cncc(OC)c1. The van der Waals surface area contributed by atoms with Gasteiger partial charge in [0.2, 0.25) is 0 Å². The topological polar surface area (TPSA) is 34.2 Å². The highest BCUT2D eigenvalue weighted by Crippen LogP contribution is 2.42. The van der Waals surface area contributed by atoms with Crippen molar-refractivity contribution in [1.29, 1.82) is 0 Å². The van der Waals surface area contributed by atoms with Gasteiger partial charge in [-0.3, -0.25) is 4.98 Å². The molecule has 3 atom stereocenters.